The number of hydrogen-bond donors (Lipinski definition) is 0. The van der Waals surface area contributed by atoms with E-state index in [0.717, 1.165) is 38.9 Å². The first kappa shape index (κ1) is 19.6. The second-order valence-electron chi connectivity index (χ2n) is 7.71. The van der Waals surface area contributed by atoms with Gasteiger partial charge in [-0.15, -0.1) is 6.42 Å². The highest BCUT2D eigenvalue weighted by molar-refractivity contribution is 6.03. The molecule has 0 aliphatic heterocycles. The molecule has 0 bridgehead atoms. The van der Waals surface area contributed by atoms with Gasteiger partial charge < -0.3 is 0 Å². The summed E-state index contributed by atoms with van der Waals surface area (Å²) in [6.45, 7) is 0. The molecule has 0 saturated carbocycles. The van der Waals surface area contributed by atoms with Crippen molar-refractivity contribution in [1.82, 2.24) is 0 Å². The van der Waals surface area contributed by atoms with E-state index < -0.39 is 0 Å². The van der Waals surface area contributed by atoms with Crippen molar-refractivity contribution in [2.75, 3.05) is 0 Å². The van der Waals surface area contributed by atoms with Gasteiger partial charge in [-0.25, -0.2) is 0 Å². The maximum absolute atomic E-state index is 6.12. The van der Waals surface area contributed by atoms with Crippen LogP contribution in [0.3, 0.4) is 0 Å². The molecule has 0 atom stereocenters. The Bertz CT molecular complexity index is 1380. The van der Waals surface area contributed by atoms with Crippen LogP contribution in [0.1, 0.15) is 5.56 Å². The molecule has 0 heterocycles. The van der Waals surface area contributed by atoms with Crippen LogP contribution in [-0.4, -0.2) is 0 Å². The van der Waals surface area contributed by atoms with E-state index in [2.05, 4.69) is 121 Å². The second-order valence-corrected chi connectivity index (χ2v) is 7.71. The van der Waals surface area contributed by atoms with Crippen molar-refractivity contribution in [2.24, 2.45) is 0 Å². The van der Waals surface area contributed by atoms with Crippen molar-refractivity contribution in [1.29, 1.82) is 0 Å². The fraction of sp³-hybridized carbons (Fsp3) is 0. The van der Waals surface area contributed by atoms with Gasteiger partial charge in [0.1, 0.15) is 0 Å². The van der Waals surface area contributed by atoms with Crippen LogP contribution in [0.4, 0.5) is 0 Å². The average Bonchev–Trinajstić information content (AvgIpc) is 2.89. The molecule has 0 aliphatic rings. The summed E-state index contributed by atoms with van der Waals surface area (Å²) >= 11 is 0. The largest absolute Gasteiger partial charge is 0.115 e. The summed E-state index contributed by atoms with van der Waals surface area (Å²) in [6, 6.07) is 44.3. The molecular weight excluding hydrogens is 384 g/mol. The minimum Gasteiger partial charge on any atom is -0.115 e. The van der Waals surface area contributed by atoms with Crippen molar-refractivity contribution >= 4 is 0 Å². The van der Waals surface area contributed by atoms with Crippen LogP contribution >= 0.6 is 0 Å². The summed E-state index contributed by atoms with van der Waals surface area (Å²) in [4.78, 5) is 0. The lowest BCUT2D eigenvalue weighted by Crippen LogP contribution is -1.98. The van der Waals surface area contributed by atoms with E-state index in [0.29, 0.717) is 0 Å². The molecule has 32 heavy (non-hydrogen) atoms. The topological polar surface area (TPSA) is 0 Å². The van der Waals surface area contributed by atoms with Gasteiger partial charge in [-0.05, 0) is 45.0 Å². The molecule has 0 spiro atoms. The minimum absolute atomic E-state index is 0.897. The molecule has 0 amide bonds. The van der Waals surface area contributed by atoms with Crippen LogP contribution in [0.25, 0.3) is 44.5 Å². The molecule has 0 unspecified atom stereocenters. The Morgan fingerprint density at radius 2 is 0.781 bits per heavy atom. The lowest BCUT2D eigenvalue weighted by atomic mass is 9.80. The highest BCUT2D eigenvalue weighted by Crippen LogP contribution is 2.47. The van der Waals surface area contributed by atoms with Gasteiger partial charge in [0.2, 0.25) is 0 Å². The molecule has 0 N–H and O–H groups in total. The quantitative estimate of drug-likeness (QED) is 0.263. The van der Waals surface area contributed by atoms with Crippen LogP contribution in [0, 0.1) is 12.3 Å². The molecule has 5 rings (SSSR count). The molecule has 0 saturated heterocycles. The molecule has 5 aromatic carbocycles. The van der Waals surface area contributed by atoms with Crippen LogP contribution in [-0.2, 0) is 0 Å². The van der Waals surface area contributed by atoms with Crippen molar-refractivity contribution < 1.29 is 0 Å². The smallest absolute Gasteiger partial charge is 0.0333 e. The highest BCUT2D eigenvalue weighted by Gasteiger charge is 2.21. The van der Waals surface area contributed by atoms with Crippen molar-refractivity contribution in [3.05, 3.63) is 133 Å². The van der Waals surface area contributed by atoms with E-state index in [1.165, 1.54) is 11.1 Å². The van der Waals surface area contributed by atoms with Gasteiger partial charge in [0.15, 0.2) is 0 Å². The third-order valence-electron chi connectivity index (χ3n) is 5.76. The van der Waals surface area contributed by atoms with Crippen molar-refractivity contribution in [3.63, 3.8) is 0 Å². The maximum Gasteiger partial charge on any atom is 0.0333 e. The normalized spacial score (nSPS) is 10.5. The Hall–Kier alpha value is -4.34. The summed E-state index contributed by atoms with van der Waals surface area (Å²) in [5.74, 6) is 2.99. The number of hydrogen-bond acceptors (Lipinski definition) is 0. The fourth-order valence-corrected chi connectivity index (χ4v) is 4.35. The van der Waals surface area contributed by atoms with Gasteiger partial charge in [-0.2, -0.15) is 0 Å². The highest BCUT2D eigenvalue weighted by atomic mass is 14.2. The first-order valence-electron chi connectivity index (χ1n) is 10.8. The first-order valence-corrected chi connectivity index (χ1v) is 10.8. The molecular formula is C32H22. The zero-order valence-corrected chi connectivity index (χ0v) is 17.7. The summed E-state index contributed by atoms with van der Waals surface area (Å²) in [5.41, 5.74) is 10.1. The molecule has 5 aromatic rings. The molecule has 150 valence electrons. The third-order valence-corrected chi connectivity index (χ3v) is 5.76. The molecule has 0 heteroatoms. The Balaban J connectivity index is 1.99. The van der Waals surface area contributed by atoms with Crippen LogP contribution in [0.5, 0.6) is 0 Å². The van der Waals surface area contributed by atoms with Gasteiger partial charge in [-0.3, -0.25) is 0 Å². The Morgan fingerprint density at radius 3 is 1.22 bits per heavy atom. The molecule has 0 aliphatic carbocycles. The second kappa shape index (κ2) is 8.80. The minimum atomic E-state index is 0.897. The standard InChI is InChI=1S/C32H22/c1-2-24-23-29(25-15-7-3-8-16-25)31(27-19-11-5-12-20-27)32(28-21-13-6-14-22-28)30(24)26-17-9-4-10-18-26/h1,3-23H. The van der Waals surface area contributed by atoms with E-state index in [9.17, 15) is 0 Å². The lowest BCUT2D eigenvalue weighted by molar-refractivity contribution is 1.52. The fourth-order valence-electron chi connectivity index (χ4n) is 4.35. The number of terminal acetylenes is 1. The molecule has 0 fully saturated rings. The van der Waals surface area contributed by atoms with E-state index in [1.807, 2.05) is 12.1 Å². The number of benzene rings is 5. The monoisotopic (exact) mass is 406 g/mol. The van der Waals surface area contributed by atoms with Crippen LogP contribution in [0.2, 0.25) is 0 Å². The predicted octanol–water partition coefficient (Wildman–Crippen LogP) is 8.34. The summed E-state index contributed by atoms with van der Waals surface area (Å²) < 4.78 is 0. The van der Waals surface area contributed by atoms with E-state index in [4.69, 9.17) is 6.42 Å². The lowest BCUT2D eigenvalue weighted by Gasteiger charge is -2.22. The van der Waals surface area contributed by atoms with Gasteiger partial charge in [-0.1, -0.05) is 127 Å². The number of rotatable bonds is 4. The van der Waals surface area contributed by atoms with Crippen molar-refractivity contribution in [2.45, 2.75) is 0 Å². The zero-order chi connectivity index (χ0) is 21.8. The summed E-state index contributed by atoms with van der Waals surface area (Å²) in [7, 11) is 0. The van der Waals surface area contributed by atoms with Gasteiger partial charge >= 0.3 is 0 Å². The third kappa shape index (κ3) is 3.62. The van der Waals surface area contributed by atoms with E-state index in [1.54, 1.807) is 0 Å². The average molecular weight is 407 g/mol. The molecule has 0 aromatic heterocycles. The zero-order valence-electron chi connectivity index (χ0n) is 17.7. The summed E-state index contributed by atoms with van der Waals surface area (Å²) in [6.07, 6.45) is 6.12. The molecule has 0 nitrogen and oxygen atoms in total. The Kier molecular flexibility index (Phi) is 5.39. The van der Waals surface area contributed by atoms with Crippen molar-refractivity contribution in [3.8, 4) is 56.9 Å². The Labute approximate surface area is 189 Å². The van der Waals surface area contributed by atoms with E-state index in [-0.39, 0.29) is 0 Å². The SMILES string of the molecule is C#Cc1cc(-c2ccccc2)c(-c2ccccc2)c(-c2ccccc2)c1-c1ccccc1. The maximum atomic E-state index is 6.12. The predicted molar refractivity (Wildman–Crippen MR) is 136 cm³/mol. The van der Waals surface area contributed by atoms with E-state index >= 15 is 0 Å². The van der Waals surface area contributed by atoms with Crippen LogP contribution < -0.4 is 0 Å². The van der Waals surface area contributed by atoms with Gasteiger partial charge in [0.05, 0.1) is 0 Å². The molecule has 0 radical (unpaired) electrons. The van der Waals surface area contributed by atoms with Gasteiger partial charge in [0, 0.05) is 11.1 Å². The summed E-state index contributed by atoms with van der Waals surface area (Å²) in [5, 5.41) is 0. The Morgan fingerprint density at radius 1 is 0.406 bits per heavy atom. The van der Waals surface area contributed by atoms with Gasteiger partial charge in [0.25, 0.3) is 0 Å². The first-order chi connectivity index (χ1) is 15.9. The van der Waals surface area contributed by atoms with Crippen LogP contribution in [0.15, 0.2) is 127 Å².